The van der Waals surface area contributed by atoms with Crippen molar-refractivity contribution >= 4 is 17.8 Å². The zero-order chi connectivity index (χ0) is 13.8. The van der Waals surface area contributed by atoms with Crippen molar-refractivity contribution < 1.29 is 4.74 Å². The zero-order valence-corrected chi connectivity index (χ0v) is 11.3. The van der Waals surface area contributed by atoms with Crippen molar-refractivity contribution in [3.05, 3.63) is 0 Å². The molecule has 0 radical (unpaired) electrons. The molecule has 2 heterocycles. The number of nitrogens with one attached hydrogen (secondary N) is 1. The van der Waals surface area contributed by atoms with Gasteiger partial charge in [-0.05, 0) is 0 Å². The van der Waals surface area contributed by atoms with Crippen LogP contribution in [0, 0.1) is 11.3 Å². The second kappa shape index (κ2) is 5.67. The lowest BCUT2D eigenvalue weighted by molar-refractivity contribution is 0.0758. The second-order valence-corrected chi connectivity index (χ2v) is 4.34. The van der Waals surface area contributed by atoms with Crippen LogP contribution in [0.1, 0.15) is 0 Å². The Morgan fingerprint density at radius 1 is 1.42 bits per heavy atom. The Kier molecular flexibility index (Phi) is 3.97. The van der Waals surface area contributed by atoms with Gasteiger partial charge in [-0.2, -0.15) is 20.2 Å². The number of morpholine rings is 1. The van der Waals surface area contributed by atoms with Crippen LogP contribution in [-0.4, -0.2) is 61.9 Å². The Morgan fingerprint density at radius 2 is 2.21 bits per heavy atom. The van der Waals surface area contributed by atoms with E-state index in [2.05, 4.69) is 26.3 Å². The fourth-order valence-electron chi connectivity index (χ4n) is 1.72. The van der Waals surface area contributed by atoms with Crippen molar-refractivity contribution in [3.8, 4) is 6.07 Å². The Bertz CT molecular complexity index is 484. The molecular formula is C11H17N7O. The van der Waals surface area contributed by atoms with Crippen LogP contribution in [0.15, 0.2) is 0 Å². The number of nitriles is 1. The van der Waals surface area contributed by atoms with Gasteiger partial charge in [0.05, 0.1) is 19.2 Å². The maximum atomic E-state index is 8.92. The van der Waals surface area contributed by atoms with Crippen molar-refractivity contribution in [3.63, 3.8) is 0 Å². The van der Waals surface area contributed by atoms with Crippen molar-refractivity contribution in [2.24, 2.45) is 0 Å². The summed E-state index contributed by atoms with van der Waals surface area (Å²) in [5, 5.41) is 11.8. The lowest BCUT2D eigenvalue weighted by Crippen LogP contribution is -2.43. The molecule has 1 atom stereocenters. The van der Waals surface area contributed by atoms with Crippen LogP contribution in [0.25, 0.3) is 0 Å². The molecule has 2 rings (SSSR count). The first-order chi connectivity index (χ1) is 9.13. The summed E-state index contributed by atoms with van der Waals surface area (Å²) < 4.78 is 5.31. The normalized spacial score (nSPS) is 18.8. The van der Waals surface area contributed by atoms with E-state index in [1.807, 2.05) is 23.9 Å². The van der Waals surface area contributed by atoms with Crippen LogP contribution in [0.2, 0.25) is 0 Å². The summed E-state index contributed by atoms with van der Waals surface area (Å²) >= 11 is 0. The van der Waals surface area contributed by atoms with E-state index in [0.717, 1.165) is 0 Å². The van der Waals surface area contributed by atoms with Gasteiger partial charge in [0.25, 0.3) is 0 Å². The van der Waals surface area contributed by atoms with Gasteiger partial charge in [-0.15, -0.1) is 0 Å². The summed E-state index contributed by atoms with van der Waals surface area (Å²) in [5.74, 6) is 1.65. The average molecular weight is 263 g/mol. The molecule has 1 N–H and O–H groups in total. The third kappa shape index (κ3) is 3.00. The fourth-order valence-corrected chi connectivity index (χ4v) is 1.72. The number of ether oxygens (including phenoxy) is 1. The minimum atomic E-state index is -0.439. The molecule has 8 nitrogen and oxygen atoms in total. The van der Waals surface area contributed by atoms with E-state index < -0.39 is 6.10 Å². The maximum Gasteiger partial charge on any atom is 0.232 e. The summed E-state index contributed by atoms with van der Waals surface area (Å²) in [4.78, 5) is 16.7. The molecule has 0 bridgehead atoms. The number of rotatable bonds is 3. The van der Waals surface area contributed by atoms with Gasteiger partial charge in [0.15, 0.2) is 6.10 Å². The van der Waals surface area contributed by atoms with Gasteiger partial charge in [0, 0.05) is 27.7 Å². The van der Waals surface area contributed by atoms with Gasteiger partial charge in [-0.1, -0.05) is 0 Å². The third-order valence-electron chi connectivity index (χ3n) is 2.73. The lowest BCUT2D eigenvalue weighted by Gasteiger charge is -2.30. The summed E-state index contributed by atoms with van der Waals surface area (Å²) in [5.41, 5.74) is 0. The summed E-state index contributed by atoms with van der Waals surface area (Å²) in [6, 6.07) is 2.11. The van der Waals surface area contributed by atoms with Gasteiger partial charge >= 0.3 is 0 Å². The first-order valence-corrected chi connectivity index (χ1v) is 6.01. The van der Waals surface area contributed by atoms with Crippen molar-refractivity contribution in [1.29, 1.82) is 5.26 Å². The first kappa shape index (κ1) is 13.3. The Balaban J connectivity index is 2.28. The topological polar surface area (TPSA) is 90.2 Å². The van der Waals surface area contributed by atoms with Crippen LogP contribution < -0.4 is 15.1 Å². The highest BCUT2D eigenvalue weighted by molar-refractivity contribution is 5.44. The Labute approximate surface area is 112 Å². The second-order valence-electron chi connectivity index (χ2n) is 4.34. The molecule has 0 amide bonds. The molecule has 102 valence electrons. The quantitative estimate of drug-likeness (QED) is 0.795. The van der Waals surface area contributed by atoms with Crippen molar-refractivity contribution in [1.82, 2.24) is 15.0 Å². The van der Waals surface area contributed by atoms with Crippen LogP contribution >= 0.6 is 0 Å². The summed E-state index contributed by atoms with van der Waals surface area (Å²) in [7, 11) is 5.50. The molecule has 0 saturated carbocycles. The molecule has 1 aromatic heterocycles. The number of hydrogen-bond acceptors (Lipinski definition) is 8. The van der Waals surface area contributed by atoms with Crippen LogP contribution in [0.3, 0.4) is 0 Å². The van der Waals surface area contributed by atoms with Crippen LogP contribution in [0.4, 0.5) is 17.8 Å². The van der Waals surface area contributed by atoms with E-state index in [1.54, 1.807) is 7.05 Å². The van der Waals surface area contributed by atoms with Crippen molar-refractivity contribution in [2.75, 3.05) is 56.0 Å². The van der Waals surface area contributed by atoms with E-state index in [0.29, 0.717) is 37.5 Å². The molecule has 8 heteroatoms. The van der Waals surface area contributed by atoms with E-state index in [9.17, 15) is 0 Å². The highest BCUT2D eigenvalue weighted by atomic mass is 16.5. The first-order valence-electron chi connectivity index (χ1n) is 6.01. The Morgan fingerprint density at radius 3 is 2.84 bits per heavy atom. The van der Waals surface area contributed by atoms with Gasteiger partial charge in [-0.3, -0.25) is 0 Å². The molecule has 1 aliphatic heterocycles. The molecule has 0 aliphatic carbocycles. The number of hydrogen-bond donors (Lipinski definition) is 1. The monoisotopic (exact) mass is 263 g/mol. The third-order valence-corrected chi connectivity index (χ3v) is 2.73. The molecule has 0 spiro atoms. The van der Waals surface area contributed by atoms with E-state index in [-0.39, 0.29) is 0 Å². The molecule has 1 aromatic rings. The lowest BCUT2D eigenvalue weighted by atomic mass is 10.3. The Hall–Kier alpha value is -2.14. The van der Waals surface area contributed by atoms with E-state index in [1.165, 1.54) is 0 Å². The highest BCUT2D eigenvalue weighted by Crippen LogP contribution is 2.17. The highest BCUT2D eigenvalue weighted by Gasteiger charge is 2.23. The predicted octanol–water partition coefficient (Wildman–Crippen LogP) is -0.292. The summed E-state index contributed by atoms with van der Waals surface area (Å²) in [6.45, 7) is 1.63. The fraction of sp³-hybridized carbons (Fsp3) is 0.636. The SMILES string of the molecule is CNc1nc(N(C)C)nc(N2CCOC(C#N)C2)n1. The van der Waals surface area contributed by atoms with Gasteiger partial charge in [-0.25, -0.2) is 0 Å². The van der Waals surface area contributed by atoms with E-state index in [4.69, 9.17) is 10.00 Å². The molecule has 1 saturated heterocycles. The molecule has 19 heavy (non-hydrogen) atoms. The minimum absolute atomic E-state index is 0.439. The molecule has 0 aromatic carbocycles. The van der Waals surface area contributed by atoms with Gasteiger partial charge in [0.1, 0.15) is 0 Å². The largest absolute Gasteiger partial charge is 0.360 e. The van der Waals surface area contributed by atoms with Crippen LogP contribution in [-0.2, 0) is 4.74 Å². The molecule has 1 fully saturated rings. The zero-order valence-electron chi connectivity index (χ0n) is 11.3. The number of nitrogens with zero attached hydrogens (tertiary/aromatic N) is 6. The maximum absolute atomic E-state index is 8.92. The predicted molar refractivity (Wildman–Crippen MR) is 71.3 cm³/mol. The van der Waals surface area contributed by atoms with E-state index >= 15 is 0 Å². The van der Waals surface area contributed by atoms with Gasteiger partial charge < -0.3 is 19.9 Å². The molecule has 1 unspecified atom stereocenters. The smallest absolute Gasteiger partial charge is 0.232 e. The standard InChI is InChI=1S/C11H17N7O/c1-13-9-14-10(17(2)3)16-11(15-9)18-4-5-19-8(6-12)7-18/h8H,4-5,7H2,1-3H3,(H,13,14,15,16). The molecule has 1 aliphatic rings. The summed E-state index contributed by atoms with van der Waals surface area (Å²) in [6.07, 6.45) is -0.439. The number of anilines is 3. The number of aromatic nitrogens is 3. The van der Waals surface area contributed by atoms with Crippen LogP contribution in [0.5, 0.6) is 0 Å². The molecular weight excluding hydrogens is 246 g/mol. The van der Waals surface area contributed by atoms with Gasteiger partial charge in [0.2, 0.25) is 17.8 Å². The minimum Gasteiger partial charge on any atom is -0.360 e. The van der Waals surface area contributed by atoms with Crippen molar-refractivity contribution in [2.45, 2.75) is 6.10 Å². The average Bonchev–Trinajstić information content (AvgIpc) is 2.46.